The summed E-state index contributed by atoms with van der Waals surface area (Å²) in [5.74, 6) is 1.67. The fourth-order valence-corrected chi connectivity index (χ4v) is 3.19. The lowest BCUT2D eigenvalue weighted by atomic mass is 10.3. The van der Waals surface area contributed by atoms with E-state index in [-0.39, 0.29) is 12.0 Å². The fraction of sp³-hybridized carbons (Fsp3) is 0.529. The Hall–Kier alpha value is -2.42. The first-order chi connectivity index (χ1) is 12.3. The smallest absolute Gasteiger partial charge is 0.350 e. The largest absolute Gasteiger partial charge is 0.462 e. The molecule has 0 saturated carbocycles. The van der Waals surface area contributed by atoms with Crippen LogP contribution in [0, 0.1) is 20.8 Å². The van der Waals surface area contributed by atoms with Crippen molar-refractivity contribution < 1.29 is 13.9 Å². The van der Waals surface area contributed by atoms with Gasteiger partial charge in [-0.2, -0.15) is 0 Å². The third-order valence-corrected chi connectivity index (χ3v) is 5.02. The zero-order valence-corrected chi connectivity index (χ0v) is 16.8. The zero-order chi connectivity index (χ0) is 19.3. The van der Waals surface area contributed by atoms with Gasteiger partial charge in [0.25, 0.3) is 0 Å². The summed E-state index contributed by atoms with van der Waals surface area (Å²) in [5.41, 5.74) is 1.55. The van der Waals surface area contributed by atoms with Crippen LogP contribution >= 0.6 is 11.3 Å². The molecular formula is C17H25N5O3S. The SMILES string of the molecule is CCOC(=O)c1sc(C(C)NC(=NC)NCc2nc(C)c(C)o2)nc1C. The molecule has 0 aromatic carbocycles. The van der Waals surface area contributed by atoms with Gasteiger partial charge in [0.15, 0.2) is 5.96 Å². The highest BCUT2D eigenvalue weighted by atomic mass is 32.1. The highest BCUT2D eigenvalue weighted by molar-refractivity contribution is 7.13. The maximum absolute atomic E-state index is 11.9. The van der Waals surface area contributed by atoms with Crippen molar-refractivity contribution in [3.8, 4) is 0 Å². The van der Waals surface area contributed by atoms with Gasteiger partial charge in [-0.1, -0.05) is 0 Å². The van der Waals surface area contributed by atoms with E-state index in [4.69, 9.17) is 9.15 Å². The van der Waals surface area contributed by atoms with Gasteiger partial charge in [-0.15, -0.1) is 11.3 Å². The van der Waals surface area contributed by atoms with E-state index in [0.717, 1.165) is 16.5 Å². The topological polar surface area (TPSA) is 102 Å². The standard InChI is InChI=1S/C17H25N5O3S/c1-7-24-16(23)14-10(3)21-15(26-14)11(4)22-17(18-6)19-8-13-20-9(2)12(5)25-13/h11H,7-8H2,1-6H3,(H2,18,19,22). The lowest BCUT2D eigenvalue weighted by Crippen LogP contribution is -2.38. The number of guanidine groups is 1. The number of esters is 1. The van der Waals surface area contributed by atoms with E-state index in [1.54, 1.807) is 20.9 Å². The third kappa shape index (κ3) is 4.81. The van der Waals surface area contributed by atoms with E-state index in [1.165, 1.54) is 11.3 Å². The monoisotopic (exact) mass is 379 g/mol. The number of nitrogens with one attached hydrogen (secondary N) is 2. The average molecular weight is 379 g/mol. The van der Waals surface area contributed by atoms with Gasteiger partial charge in [0, 0.05) is 7.05 Å². The van der Waals surface area contributed by atoms with Crippen molar-refractivity contribution in [1.82, 2.24) is 20.6 Å². The summed E-state index contributed by atoms with van der Waals surface area (Å²) >= 11 is 1.33. The lowest BCUT2D eigenvalue weighted by Gasteiger charge is -2.15. The Labute approximate surface area is 157 Å². The number of oxazole rings is 1. The minimum atomic E-state index is -0.335. The summed E-state index contributed by atoms with van der Waals surface area (Å²) < 4.78 is 10.6. The van der Waals surface area contributed by atoms with Crippen LogP contribution in [-0.4, -0.2) is 35.6 Å². The average Bonchev–Trinajstić information content (AvgIpc) is 3.14. The maximum Gasteiger partial charge on any atom is 0.350 e. The first kappa shape index (κ1) is 19.9. The summed E-state index contributed by atoms with van der Waals surface area (Å²) in [6.07, 6.45) is 0. The number of ether oxygens (including phenoxy) is 1. The molecule has 0 bridgehead atoms. The summed E-state index contributed by atoms with van der Waals surface area (Å²) in [5, 5.41) is 7.20. The Morgan fingerprint density at radius 2 is 2.04 bits per heavy atom. The van der Waals surface area contributed by atoms with E-state index >= 15 is 0 Å². The zero-order valence-electron chi connectivity index (χ0n) is 16.0. The van der Waals surface area contributed by atoms with E-state index < -0.39 is 0 Å². The summed E-state index contributed by atoms with van der Waals surface area (Å²) in [4.78, 5) is 25.5. The molecule has 0 radical (unpaired) electrons. The van der Waals surface area contributed by atoms with Gasteiger partial charge in [0.1, 0.15) is 15.6 Å². The molecule has 2 aromatic heterocycles. The van der Waals surface area contributed by atoms with E-state index in [0.29, 0.717) is 35.6 Å². The number of carbonyl (C=O) groups excluding carboxylic acids is 1. The number of aryl methyl sites for hydroxylation is 3. The van der Waals surface area contributed by atoms with Crippen molar-refractivity contribution in [3.05, 3.63) is 32.9 Å². The number of carbonyl (C=O) groups is 1. The maximum atomic E-state index is 11.9. The molecule has 2 rings (SSSR count). The third-order valence-electron chi connectivity index (χ3n) is 3.70. The Balaban J connectivity index is 1.99. The van der Waals surface area contributed by atoms with E-state index in [1.807, 2.05) is 20.8 Å². The van der Waals surface area contributed by atoms with Crippen LogP contribution < -0.4 is 10.6 Å². The second kappa shape index (κ2) is 8.79. The molecule has 2 heterocycles. The van der Waals surface area contributed by atoms with Crippen LogP contribution in [0.25, 0.3) is 0 Å². The Kier molecular flexibility index (Phi) is 6.73. The van der Waals surface area contributed by atoms with Crippen LogP contribution in [0.3, 0.4) is 0 Å². The summed E-state index contributed by atoms with van der Waals surface area (Å²) in [6.45, 7) is 10.1. The van der Waals surface area contributed by atoms with Crippen molar-refractivity contribution in [2.75, 3.05) is 13.7 Å². The number of thiazole rings is 1. The number of hydrogen-bond donors (Lipinski definition) is 2. The molecular weight excluding hydrogens is 354 g/mol. The molecule has 1 unspecified atom stereocenters. The second-order valence-corrected chi connectivity index (χ2v) is 6.76. The van der Waals surface area contributed by atoms with Crippen LogP contribution in [0.15, 0.2) is 9.41 Å². The molecule has 0 spiro atoms. The molecule has 26 heavy (non-hydrogen) atoms. The van der Waals surface area contributed by atoms with Crippen LogP contribution in [0.5, 0.6) is 0 Å². The molecule has 142 valence electrons. The number of aromatic nitrogens is 2. The lowest BCUT2D eigenvalue weighted by molar-refractivity contribution is 0.0531. The molecule has 0 aliphatic carbocycles. The molecule has 9 heteroatoms. The highest BCUT2D eigenvalue weighted by Crippen LogP contribution is 2.24. The Morgan fingerprint density at radius 1 is 1.31 bits per heavy atom. The molecule has 0 aliphatic heterocycles. The molecule has 8 nitrogen and oxygen atoms in total. The predicted molar refractivity (Wildman–Crippen MR) is 101 cm³/mol. The predicted octanol–water partition coefficient (Wildman–Crippen LogP) is 2.66. The minimum absolute atomic E-state index is 0.124. The highest BCUT2D eigenvalue weighted by Gasteiger charge is 2.20. The molecule has 2 N–H and O–H groups in total. The van der Waals surface area contributed by atoms with Gasteiger partial charge in [-0.05, 0) is 34.6 Å². The normalized spacial score (nSPS) is 12.8. The Bertz CT molecular complexity index is 777. The van der Waals surface area contributed by atoms with Gasteiger partial charge in [-0.25, -0.2) is 14.8 Å². The molecule has 2 aromatic rings. The first-order valence-electron chi connectivity index (χ1n) is 8.40. The summed E-state index contributed by atoms with van der Waals surface area (Å²) in [7, 11) is 1.69. The minimum Gasteiger partial charge on any atom is -0.462 e. The van der Waals surface area contributed by atoms with Gasteiger partial charge in [0.05, 0.1) is 30.6 Å². The fourth-order valence-electron chi connectivity index (χ4n) is 2.22. The van der Waals surface area contributed by atoms with Gasteiger partial charge < -0.3 is 19.8 Å². The van der Waals surface area contributed by atoms with Crippen LogP contribution in [0.4, 0.5) is 0 Å². The molecule has 0 amide bonds. The van der Waals surface area contributed by atoms with Crippen molar-refractivity contribution in [2.24, 2.45) is 4.99 Å². The van der Waals surface area contributed by atoms with Crippen molar-refractivity contribution in [3.63, 3.8) is 0 Å². The molecule has 1 atom stereocenters. The van der Waals surface area contributed by atoms with Gasteiger partial charge in [0.2, 0.25) is 5.89 Å². The first-order valence-corrected chi connectivity index (χ1v) is 9.21. The van der Waals surface area contributed by atoms with Crippen molar-refractivity contribution >= 4 is 23.3 Å². The number of rotatable bonds is 6. The van der Waals surface area contributed by atoms with Gasteiger partial charge >= 0.3 is 5.97 Å². The molecule has 0 aliphatic rings. The van der Waals surface area contributed by atoms with Gasteiger partial charge in [-0.3, -0.25) is 4.99 Å². The molecule has 0 fully saturated rings. The van der Waals surface area contributed by atoms with Crippen LogP contribution in [0.1, 0.15) is 57.6 Å². The number of aliphatic imine (C=N–C) groups is 1. The quantitative estimate of drug-likeness (QED) is 0.452. The number of hydrogen-bond acceptors (Lipinski definition) is 7. The summed E-state index contributed by atoms with van der Waals surface area (Å²) in [6, 6.07) is -0.124. The molecule has 0 saturated heterocycles. The Morgan fingerprint density at radius 3 is 2.62 bits per heavy atom. The van der Waals surface area contributed by atoms with Crippen molar-refractivity contribution in [1.29, 1.82) is 0 Å². The van der Waals surface area contributed by atoms with E-state index in [9.17, 15) is 4.79 Å². The van der Waals surface area contributed by atoms with Crippen LogP contribution in [-0.2, 0) is 11.3 Å². The van der Waals surface area contributed by atoms with Crippen molar-refractivity contribution in [2.45, 2.75) is 47.2 Å². The van der Waals surface area contributed by atoms with Crippen LogP contribution in [0.2, 0.25) is 0 Å². The number of nitrogens with zero attached hydrogens (tertiary/aromatic N) is 3. The second-order valence-electron chi connectivity index (χ2n) is 5.73. The van der Waals surface area contributed by atoms with E-state index in [2.05, 4.69) is 25.6 Å².